The first-order valence-electron chi connectivity index (χ1n) is 8.07. The van der Waals surface area contributed by atoms with Gasteiger partial charge in [0.25, 0.3) is 0 Å². The van der Waals surface area contributed by atoms with Gasteiger partial charge in [0.1, 0.15) is 0 Å². The summed E-state index contributed by atoms with van der Waals surface area (Å²) in [5.74, 6) is 0.410. The summed E-state index contributed by atoms with van der Waals surface area (Å²) in [7, 11) is -3.72. The highest BCUT2D eigenvalue weighted by Gasteiger charge is 2.09. The molecule has 0 bridgehead atoms. The second-order valence-corrected chi connectivity index (χ2v) is 7.43. The predicted molar refractivity (Wildman–Crippen MR) is 104 cm³/mol. The number of benzene rings is 2. The Morgan fingerprint density at radius 2 is 1.67 bits per heavy atom. The van der Waals surface area contributed by atoms with Crippen molar-refractivity contribution < 1.29 is 8.42 Å². The Bertz CT molecular complexity index is 1210. The minimum atomic E-state index is -3.72. The number of nitrogens with one attached hydrogen (secondary N) is 1. The van der Waals surface area contributed by atoms with Crippen molar-refractivity contribution in [3.8, 4) is 11.1 Å². The van der Waals surface area contributed by atoms with E-state index in [2.05, 4.69) is 20.3 Å². The number of primary sulfonamides is 1. The van der Waals surface area contributed by atoms with Gasteiger partial charge in [-0.3, -0.25) is 4.98 Å². The van der Waals surface area contributed by atoms with Crippen LogP contribution in [0.5, 0.6) is 0 Å². The number of sulfonamides is 1. The van der Waals surface area contributed by atoms with E-state index in [0.29, 0.717) is 11.6 Å². The van der Waals surface area contributed by atoms with Crippen LogP contribution in [-0.4, -0.2) is 23.4 Å². The number of nitrogens with zero attached hydrogens (tertiary/aromatic N) is 3. The highest BCUT2D eigenvalue weighted by Crippen LogP contribution is 2.27. The predicted octanol–water partition coefficient (Wildman–Crippen LogP) is 3.08. The molecule has 0 aliphatic heterocycles. The molecule has 2 heterocycles. The summed E-state index contributed by atoms with van der Waals surface area (Å²) in [6, 6.07) is 15.8. The Hall–Kier alpha value is -3.36. The third kappa shape index (κ3) is 3.62. The lowest BCUT2D eigenvalue weighted by atomic mass is 10.0. The maximum atomic E-state index is 11.3. The maximum absolute atomic E-state index is 11.3. The Morgan fingerprint density at radius 3 is 2.37 bits per heavy atom. The molecule has 7 nitrogen and oxygen atoms in total. The summed E-state index contributed by atoms with van der Waals surface area (Å²) in [4.78, 5) is 13.1. The van der Waals surface area contributed by atoms with Gasteiger partial charge in [-0.2, -0.15) is 0 Å². The van der Waals surface area contributed by atoms with E-state index in [-0.39, 0.29) is 4.90 Å². The van der Waals surface area contributed by atoms with Gasteiger partial charge in [0, 0.05) is 35.2 Å². The van der Waals surface area contributed by atoms with Crippen LogP contribution in [0.2, 0.25) is 0 Å². The van der Waals surface area contributed by atoms with Crippen molar-refractivity contribution in [1.82, 2.24) is 15.0 Å². The summed E-state index contributed by atoms with van der Waals surface area (Å²) < 4.78 is 22.7. The molecule has 0 aliphatic rings. The van der Waals surface area contributed by atoms with Crippen LogP contribution in [0.15, 0.2) is 78.1 Å². The first-order chi connectivity index (χ1) is 13.0. The number of hydrogen-bond acceptors (Lipinski definition) is 6. The molecule has 4 rings (SSSR count). The number of hydrogen-bond donors (Lipinski definition) is 2. The molecule has 4 aromatic rings. The van der Waals surface area contributed by atoms with E-state index in [0.717, 1.165) is 22.0 Å². The van der Waals surface area contributed by atoms with Gasteiger partial charge in [0.2, 0.25) is 16.0 Å². The first kappa shape index (κ1) is 17.1. The fraction of sp³-hybridized carbons (Fsp3) is 0. The van der Waals surface area contributed by atoms with Crippen LogP contribution in [0.3, 0.4) is 0 Å². The van der Waals surface area contributed by atoms with Crippen molar-refractivity contribution in [3.05, 3.63) is 73.2 Å². The largest absolute Gasteiger partial charge is 0.324 e. The highest BCUT2D eigenvalue weighted by atomic mass is 32.2. The number of anilines is 2. The smallest absolute Gasteiger partial charge is 0.238 e. The molecule has 2 aromatic heterocycles. The van der Waals surface area contributed by atoms with Crippen LogP contribution in [0, 0.1) is 0 Å². The molecular formula is C19H15N5O2S. The number of fused-ring (bicyclic) bond motifs is 1. The number of nitrogens with two attached hydrogens (primary N) is 1. The molecule has 8 heteroatoms. The summed E-state index contributed by atoms with van der Waals surface area (Å²) >= 11 is 0. The molecule has 3 N–H and O–H groups in total. The van der Waals surface area contributed by atoms with E-state index in [9.17, 15) is 8.42 Å². The lowest BCUT2D eigenvalue weighted by Crippen LogP contribution is -2.11. The fourth-order valence-electron chi connectivity index (χ4n) is 2.74. The number of aromatic nitrogens is 3. The van der Waals surface area contributed by atoms with Crippen LogP contribution in [0.1, 0.15) is 0 Å². The van der Waals surface area contributed by atoms with Crippen LogP contribution in [-0.2, 0) is 10.0 Å². The average molecular weight is 377 g/mol. The zero-order valence-electron chi connectivity index (χ0n) is 14.1. The molecule has 0 atom stereocenters. The Labute approximate surface area is 156 Å². The minimum absolute atomic E-state index is 0.0486. The highest BCUT2D eigenvalue weighted by molar-refractivity contribution is 7.89. The minimum Gasteiger partial charge on any atom is -0.324 e. The molecule has 0 fully saturated rings. The van der Waals surface area contributed by atoms with E-state index in [1.807, 2.05) is 30.3 Å². The van der Waals surface area contributed by atoms with Gasteiger partial charge in [-0.15, -0.1) is 0 Å². The number of rotatable bonds is 4. The summed E-state index contributed by atoms with van der Waals surface area (Å²) in [5, 5.41) is 9.12. The molecule has 0 spiro atoms. The number of para-hydroxylation sites is 1. The third-order valence-electron chi connectivity index (χ3n) is 4.04. The second kappa shape index (κ2) is 6.75. The lowest BCUT2D eigenvalue weighted by molar-refractivity contribution is 0.598. The molecule has 27 heavy (non-hydrogen) atoms. The fourth-order valence-corrected chi connectivity index (χ4v) is 3.25. The van der Waals surface area contributed by atoms with Crippen molar-refractivity contribution >= 4 is 32.6 Å². The summed E-state index contributed by atoms with van der Waals surface area (Å²) in [6.45, 7) is 0. The van der Waals surface area contributed by atoms with E-state index in [1.54, 1.807) is 30.7 Å². The van der Waals surface area contributed by atoms with E-state index < -0.39 is 10.0 Å². The van der Waals surface area contributed by atoms with Gasteiger partial charge < -0.3 is 5.32 Å². The zero-order chi connectivity index (χ0) is 18.9. The molecule has 0 amide bonds. The Balaban J connectivity index is 1.71. The van der Waals surface area contributed by atoms with Crippen LogP contribution >= 0.6 is 0 Å². The molecule has 134 valence electrons. The average Bonchev–Trinajstić information content (AvgIpc) is 2.68. The molecule has 2 aromatic carbocycles. The molecule has 0 unspecified atom stereocenters. The summed E-state index contributed by atoms with van der Waals surface area (Å²) in [6.07, 6.45) is 5.22. The van der Waals surface area contributed by atoms with E-state index in [1.165, 1.54) is 12.1 Å². The normalized spacial score (nSPS) is 11.4. The lowest BCUT2D eigenvalue weighted by Gasteiger charge is -2.09. The van der Waals surface area contributed by atoms with Gasteiger partial charge >= 0.3 is 0 Å². The SMILES string of the molecule is NS(=O)(=O)c1ccc(Nc2ncc3cccc(-c4ccncc4)c3n2)cc1. The summed E-state index contributed by atoms with van der Waals surface area (Å²) in [5.41, 5.74) is 3.45. The Kier molecular flexibility index (Phi) is 4.27. The van der Waals surface area contributed by atoms with Crippen LogP contribution in [0.4, 0.5) is 11.6 Å². The second-order valence-electron chi connectivity index (χ2n) is 5.87. The van der Waals surface area contributed by atoms with Gasteiger partial charge in [0.05, 0.1) is 10.4 Å². The monoisotopic (exact) mass is 377 g/mol. The van der Waals surface area contributed by atoms with Gasteiger partial charge in [-0.25, -0.2) is 23.5 Å². The van der Waals surface area contributed by atoms with Crippen molar-refractivity contribution in [2.45, 2.75) is 4.90 Å². The number of pyridine rings is 1. The molecule has 0 saturated carbocycles. The van der Waals surface area contributed by atoms with Crippen LogP contribution < -0.4 is 10.5 Å². The Morgan fingerprint density at radius 1 is 0.926 bits per heavy atom. The van der Waals surface area contributed by atoms with Crippen molar-refractivity contribution in [2.75, 3.05) is 5.32 Å². The van der Waals surface area contributed by atoms with E-state index >= 15 is 0 Å². The molecular weight excluding hydrogens is 362 g/mol. The maximum Gasteiger partial charge on any atom is 0.238 e. The standard InChI is InChI=1S/C19H15N5O2S/c20-27(25,26)16-6-4-15(5-7-16)23-19-22-12-14-2-1-3-17(18(14)24-19)13-8-10-21-11-9-13/h1-12H,(H2,20,25,26)(H,22,23,24). The third-order valence-corrected chi connectivity index (χ3v) is 4.97. The van der Waals surface area contributed by atoms with Crippen molar-refractivity contribution in [3.63, 3.8) is 0 Å². The van der Waals surface area contributed by atoms with Crippen molar-refractivity contribution in [1.29, 1.82) is 0 Å². The van der Waals surface area contributed by atoms with E-state index in [4.69, 9.17) is 5.14 Å². The van der Waals surface area contributed by atoms with Gasteiger partial charge in [0.15, 0.2) is 0 Å². The van der Waals surface area contributed by atoms with Crippen molar-refractivity contribution in [2.24, 2.45) is 5.14 Å². The first-order valence-corrected chi connectivity index (χ1v) is 9.61. The van der Waals surface area contributed by atoms with Gasteiger partial charge in [-0.05, 0) is 42.0 Å². The topological polar surface area (TPSA) is 111 Å². The molecule has 0 saturated heterocycles. The molecule has 0 radical (unpaired) electrons. The van der Waals surface area contributed by atoms with Crippen LogP contribution in [0.25, 0.3) is 22.0 Å². The quantitative estimate of drug-likeness (QED) is 0.565. The molecule has 0 aliphatic carbocycles. The van der Waals surface area contributed by atoms with Gasteiger partial charge in [-0.1, -0.05) is 18.2 Å². The zero-order valence-corrected chi connectivity index (χ0v) is 14.9.